The van der Waals surface area contributed by atoms with E-state index in [1.54, 1.807) is 55.5 Å². The first kappa shape index (κ1) is 17.9. The lowest BCUT2D eigenvalue weighted by molar-refractivity contribution is 0.0521. The second-order valence-electron chi connectivity index (χ2n) is 5.40. The molecule has 5 nitrogen and oxygen atoms in total. The lowest BCUT2D eigenvalue weighted by Crippen LogP contribution is -2.17. The van der Waals surface area contributed by atoms with Crippen LogP contribution in [0.1, 0.15) is 17.3 Å². The van der Waals surface area contributed by atoms with Gasteiger partial charge in [0, 0.05) is 0 Å². The predicted molar refractivity (Wildman–Crippen MR) is 94.8 cm³/mol. The molecule has 0 radical (unpaired) electrons. The van der Waals surface area contributed by atoms with Gasteiger partial charge in [0.1, 0.15) is 5.56 Å². The first-order chi connectivity index (χ1) is 12.5. The number of benzene rings is 2. The molecule has 2 aromatic carbocycles. The molecule has 0 bridgehead atoms. The average Bonchev–Trinajstić information content (AvgIpc) is 3.01. The summed E-state index contributed by atoms with van der Waals surface area (Å²) in [5, 5.41) is 0. The van der Waals surface area contributed by atoms with E-state index in [1.807, 2.05) is 0 Å². The number of halogens is 1. The van der Waals surface area contributed by atoms with Crippen molar-refractivity contribution < 1.29 is 22.3 Å². The van der Waals surface area contributed by atoms with Gasteiger partial charge in [-0.15, -0.1) is 0 Å². The molecule has 0 saturated heterocycles. The van der Waals surface area contributed by atoms with E-state index in [0.29, 0.717) is 9.54 Å². The molecule has 0 aliphatic rings. The van der Waals surface area contributed by atoms with Crippen LogP contribution in [0.5, 0.6) is 0 Å². The van der Waals surface area contributed by atoms with Crippen LogP contribution < -0.4 is 0 Å². The predicted octanol–water partition coefficient (Wildman–Crippen LogP) is 3.71. The number of aromatic nitrogens is 1. The topological polar surface area (TPSA) is 65.4 Å². The SMILES string of the molecule is CCOC(=O)c1cc(-c2ccccc2)n(S(=O)(=O)c2ccccc2)c1F. The third kappa shape index (κ3) is 3.13. The summed E-state index contributed by atoms with van der Waals surface area (Å²) in [4.78, 5) is 12.0. The molecule has 0 atom stereocenters. The summed E-state index contributed by atoms with van der Waals surface area (Å²) in [6, 6.07) is 17.1. The van der Waals surface area contributed by atoms with Gasteiger partial charge in [-0.2, -0.15) is 4.39 Å². The van der Waals surface area contributed by atoms with Gasteiger partial charge in [-0.25, -0.2) is 17.2 Å². The molecule has 0 aliphatic heterocycles. The third-order valence-corrected chi connectivity index (χ3v) is 5.45. The molecule has 0 aliphatic carbocycles. The minimum atomic E-state index is -4.24. The Morgan fingerprint density at radius 1 is 1.04 bits per heavy atom. The van der Waals surface area contributed by atoms with Crippen molar-refractivity contribution >= 4 is 16.0 Å². The van der Waals surface area contributed by atoms with Crippen LogP contribution in [0.15, 0.2) is 71.6 Å². The Kier molecular flexibility index (Phi) is 4.90. The van der Waals surface area contributed by atoms with Gasteiger partial charge in [-0.05, 0) is 30.7 Å². The molecule has 0 fully saturated rings. The normalized spacial score (nSPS) is 11.3. The van der Waals surface area contributed by atoms with Gasteiger partial charge in [-0.1, -0.05) is 48.5 Å². The average molecular weight is 373 g/mol. The molecule has 1 heterocycles. The highest BCUT2D eigenvalue weighted by Crippen LogP contribution is 2.30. The molecule has 7 heteroatoms. The van der Waals surface area contributed by atoms with Crippen LogP contribution in [0.2, 0.25) is 0 Å². The highest BCUT2D eigenvalue weighted by Gasteiger charge is 2.30. The zero-order valence-electron chi connectivity index (χ0n) is 13.9. The molecule has 3 aromatic rings. The molecular weight excluding hydrogens is 357 g/mol. The number of hydrogen-bond acceptors (Lipinski definition) is 4. The van der Waals surface area contributed by atoms with Gasteiger partial charge in [0.15, 0.2) is 0 Å². The van der Waals surface area contributed by atoms with Crippen molar-refractivity contribution in [1.82, 2.24) is 3.97 Å². The van der Waals surface area contributed by atoms with Crippen molar-refractivity contribution in [2.24, 2.45) is 0 Å². The fourth-order valence-corrected chi connectivity index (χ4v) is 4.00. The molecule has 0 saturated carbocycles. The highest BCUT2D eigenvalue weighted by molar-refractivity contribution is 7.90. The van der Waals surface area contributed by atoms with E-state index in [1.165, 1.54) is 18.2 Å². The fraction of sp³-hybridized carbons (Fsp3) is 0.105. The number of carbonyl (C=O) groups is 1. The molecule has 0 amide bonds. The Bertz CT molecular complexity index is 1030. The minimum Gasteiger partial charge on any atom is -0.462 e. The standard InChI is InChI=1S/C19H16FNO4S/c1-2-25-19(22)16-13-17(14-9-5-3-6-10-14)21(18(16)20)26(23,24)15-11-7-4-8-12-15/h3-13H,2H2,1H3. The number of esters is 1. The first-order valence-corrected chi connectivity index (χ1v) is 9.35. The number of ether oxygens (including phenoxy) is 1. The number of nitrogens with zero attached hydrogens (tertiary/aromatic N) is 1. The first-order valence-electron chi connectivity index (χ1n) is 7.91. The van der Waals surface area contributed by atoms with Gasteiger partial charge in [0.05, 0.1) is 17.2 Å². The Morgan fingerprint density at radius 2 is 1.62 bits per heavy atom. The number of rotatable bonds is 5. The van der Waals surface area contributed by atoms with Crippen LogP contribution in [0.4, 0.5) is 4.39 Å². The summed E-state index contributed by atoms with van der Waals surface area (Å²) < 4.78 is 46.4. The summed E-state index contributed by atoms with van der Waals surface area (Å²) in [6.45, 7) is 1.64. The van der Waals surface area contributed by atoms with E-state index >= 15 is 4.39 Å². The molecule has 3 rings (SSSR count). The van der Waals surface area contributed by atoms with E-state index in [9.17, 15) is 13.2 Å². The van der Waals surface area contributed by atoms with Crippen molar-refractivity contribution in [3.63, 3.8) is 0 Å². The highest BCUT2D eigenvalue weighted by atomic mass is 32.2. The largest absolute Gasteiger partial charge is 0.462 e. The van der Waals surface area contributed by atoms with Gasteiger partial charge >= 0.3 is 5.97 Å². The maximum Gasteiger partial charge on any atom is 0.342 e. The van der Waals surface area contributed by atoms with Crippen molar-refractivity contribution in [2.75, 3.05) is 6.61 Å². The Balaban J connectivity index is 2.28. The summed E-state index contributed by atoms with van der Waals surface area (Å²) in [7, 11) is -4.24. The molecule has 0 unspecified atom stereocenters. The molecule has 0 spiro atoms. The lowest BCUT2D eigenvalue weighted by Gasteiger charge is -2.11. The van der Waals surface area contributed by atoms with E-state index < -0.39 is 27.5 Å². The number of carbonyl (C=O) groups excluding carboxylic acids is 1. The molecular formula is C19H16FNO4S. The zero-order valence-corrected chi connectivity index (χ0v) is 14.7. The van der Waals surface area contributed by atoms with Crippen LogP contribution in [-0.2, 0) is 14.8 Å². The van der Waals surface area contributed by atoms with E-state index in [-0.39, 0.29) is 17.2 Å². The van der Waals surface area contributed by atoms with Crippen LogP contribution in [0.25, 0.3) is 11.3 Å². The summed E-state index contributed by atoms with van der Waals surface area (Å²) in [5.74, 6) is -2.09. The molecule has 1 aromatic heterocycles. The Hall–Kier alpha value is -2.93. The van der Waals surface area contributed by atoms with Crippen molar-refractivity contribution in [1.29, 1.82) is 0 Å². The van der Waals surface area contributed by atoms with Crippen LogP contribution in [0.3, 0.4) is 0 Å². The fourth-order valence-electron chi connectivity index (χ4n) is 2.56. The molecule has 134 valence electrons. The van der Waals surface area contributed by atoms with Crippen LogP contribution in [-0.4, -0.2) is 25.0 Å². The maximum absolute atomic E-state index is 15.0. The van der Waals surface area contributed by atoms with Gasteiger partial charge in [0.2, 0.25) is 5.95 Å². The Labute approximate surface area is 150 Å². The second-order valence-corrected chi connectivity index (χ2v) is 7.19. The van der Waals surface area contributed by atoms with Crippen LogP contribution in [0, 0.1) is 5.95 Å². The molecule has 26 heavy (non-hydrogen) atoms. The van der Waals surface area contributed by atoms with Crippen molar-refractivity contribution in [2.45, 2.75) is 11.8 Å². The molecule has 0 N–H and O–H groups in total. The quantitative estimate of drug-likeness (QED) is 0.640. The van der Waals surface area contributed by atoms with E-state index in [0.717, 1.165) is 0 Å². The zero-order chi connectivity index (χ0) is 18.7. The monoisotopic (exact) mass is 373 g/mol. The van der Waals surface area contributed by atoms with Crippen LogP contribution >= 0.6 is 0 Å². The van der Waals surface area contributed by atoms with Gasteiger partial charge < -0.3 is 4.74 Å². The van der Waals surface area contributed by atoms with E-state index in [4.69, 9.17) is 4.74 Å². The maximum atomic E-state index is 15.0. The number of hydrogen-bond donors (Lipinski definition) is 0. The lowest BCUT2D eigenvalue weighted by atomic mass is 10.1. The van der Waals surface area contributed by atoms with Crippen molar-refractivity contribution in [3.8, 4) is 11.3 Å². The summed E-state index contributed by atoms with van der Waals surface area (Å²) >= 11 is 0. The van der Waals surface area contributed by atoms with E-state index in [2.05, 4.69) is 0 Å². The Morgan fingerprint density at radius 3 is 2.19 bits per heavy atom. The van der Waals surface area contributed by atoms with Crippen molar-refractivity contribution in [3.05, 3.63) is 78.2 Å². The summed E-state index contributed by atoms with van der Waals surface area (Å²) in [6.07, 6.45) is 0. The minimum absolute atomic E-state index is 0.0509. The smallest absolute Gasteiger partial charge is 0.342 e. The summed E-state index contributed by atoms with van der Waals surface area (Å²) in [5.41, 5.74) is 0.0849. The van der Waals surface area contributed by atoms with Gasteiger partial charge in [0.25, 0.3) is 10.0 Å². The second kappa shape index (κ2) is 7.13. The van der Waals surface area contributed by atoms with Gasteiger partial charge in [-0.3, -0.25) is 0 Å². The third-order valence-electron chi connectivity index (χ3n) is 3.75.